The molecule has 7 nitrogen and oxygen atoms in total. The molecule has 0 unspecified atom stereocenters. The van der Waals surface area contributed by atoms with Crippen LogP contribution in [0.2, 0.25) is 0 Å². The molecule has 1 aromatic carbocycles. The van der Waals surface area contributed by atoms with Crippen molar-refractivity contribution in [3.8, 4) is 23.0 Å². The summed E-state index contributed by atoms with van der Waals surface area (Å²) in [5.74, 6) is 2.02. The Kier molecular flexibility index (Phi) is 6.03. The summed E-state index contributed by atoms with van der Waals surface area (Å²) in [6.07, 6.45) is 3.33. The molecule has 1 amide bonds. The average molecular weight is 377 g/mol. The van der Waals surface area contributed by atoms with Gasteiger partial charge in [-0.25, -0.2) is 0 Å². The molecule has 2 aromatic rings. The van der Waals surface area contributed by atoms with Gasteiger partial charge in [-0.3, -0.25) is 4.79 Å². The van der Waals surface area contributed by atoms with E-state index in [9.17, 15) is 4.79 Å². The quantitative estimate of drug-likeness (QED) is 0.715. The van der Waals surface area contributed by atoms with Gasteiger partial charge in [-0.2, -0.15) is 0 Å². The molecule has 1 fully saturated rings. The van der Waals surface area contributed by atoms with Crippen molar-refractivity contribution in [1.29, 1.82) is 0 Å². The fourth-order valence-corrected chi connectivity index (χ4v) is 3.68. The van der Waals surface area contributed by atoms with E-state index >= 15 is 0 Å². The topological polar surface area (TPSA) is 77.7 Å². The molecule has 1 saturated heterocycles. The molecule has 1 aliphatic heterocycles. The Hall–Kier alpha value is -2.22. The molecule has 0 bridgehead atoms. The lowest BCUT2D eigenvalue weighted by molar-refractivity contribution is -0.131. The minimum Gasteiger partial charge on any atom is -0.493 e. The summed E-state index contributed by atoms with van der Waals surface area (Å²) in [5, 5.41) is 8.48. The van der Waals surface area contributed by atoms with E-state index < -0.39 is 0 Å². The van der Waals surface area contributed by atoms with Crippen molar-refractivity contribution in [2.24, 2.45) is 0 Å². The third kappa shape index (κ3) is 4.12. The Morgan fingerprint density at radius 2 is 2.08 bits per heavy atom. The highest BCUT2D eigenvalue weighted by atomic mass is 32.2. The monoisotopic (exact) mass is 377 g/mol. The Bertz CT molecular complexity index is 765. The minimum absolute atomic E-state index is 0.119. The predicted octanol–water partition coefficient (Wildman–Crippen LogP) is 3.25. The van der Waals surface area contributed by atoms with Crippen molar-refractivity contribution in [2.75, 3.05) is 26.5 Å². The number of hydrogen-bond acceptors (Lipinski definition) is 7. The van der Waals surface area contributed by atoms with Crippen molar-refractivity contribution >= 4 is 17.7 Å². The van der Waals surface area contributed by atoms with Crippen LogP contribution in [0.25, 0.3) is 11.5 Å². The van der Waals surface area contributed by atoms with Gasteiger partial charge >= 0.3 is 0 Å². The maximum absolute atomic E-state index is 12.4. The van der Waals surface area contributed by atoms with Crippen LogP contribution in [0.15, 0.2) is 27.8 Å². The lowest BCUT2D eigenvalue weighted by Gasteiger charge is -2.33. The number of likely N-dealkylation sites (tertiary alicyclic amines) is 1. The molecule has 8 heteroatoms. The highest BCUT2D eigenvalue weighted by Gasteiger charge is 2.23. The van der Waals surface area contributed by atoms with Gasteiger partial charge in [0, 0.05) is 18.2 Å². The van der Waals surface area contributed by atoms with E-state index in [1.54, 1.807) is 26.4 Å². The zero-order chi connectivity index (χ0) is 18.5. The zero-order valence-corrected chi connectivity index (χ0v) is 16.0. The molecule has 0 N–H and O–H groups in total. The number of ether oxygens (including phenoxy) is 2. The smallest absolute Gasteiger partial charge is 0.277 e. The molecule has 0 saturated carbocycles. The van der Waals surface area contributed by atoms with Crippen LogP contribution in [0.5, 0.6) is 11.5 Å². The molecule has 26 heavy (non-hydrogen) atoms. The van der Waals surface area contributed by atoms with Gasteiger partial charge in [-0.1, -0.05) is 11.8 Å². The van der Waals surface area contributed by atoms with Gasteiger partial charge in [-0.15, -0.1) is 10.2 Å². The summed E-state index contributed by atoms with van der Waals surface area (Å²) < 4.78 is 16.2. The van der Waals surface area contributed by atoms with Crippen LogP contribution >= 0.6 is 11.8 Å². The van der Waals surface area contributed by atoms with Crippen LogP contribution in [-0.4, -0.2) is 53.6 Å². The van der Waals surface area contributed by atoms with E-state index in [1.165, 1.54) is 18.2 Å². The van der Waals surface area contributed by atoms with Gasteiger partial charge in [0.2, 0.25) is 11.8 Å². The van der Waals surface area contributed by atoms with Crippen LogP contribution in [0.4, 0.5) is 0 Å². The number of hydrogen-bond donors (Lipinski definition) is 0. The number of thioether (sulfide) groups is 1. The molecule has 1 aliphatic rings. The molecule has 1 atom stereocenters. The van der Waals surface area contributed by atoms with Gasteiger partial charge in [0.1, 0.15) is 0 Å². The highest BCUT2D eigenvalue weighted by Crippen LogP contribution is 2.32. The van der Waals surface area contributed by atoms with E-state index in [4.69, 9.17) is 13.9 Å². The summed E-state index contributed by atoms with van der Waals surface area (Å²) in [5.41, 5.74) is 0.734. The Labute approximate surface area is 157 Å². The third-order valence-corrected chi connectivity index (χ3v) is 5.28. The Morgan fingerprint density at radius 3 is 2.81 bits per heavy atom. The molecule has 0 spiro atoms. The second-order valence-corrected chi connectivity index (χ2v) is 7.09. The van der Waals surface area contributed by atoms with E-state index in [0.717, 1.165) is 24.9 Å². The molecule has 140 valence electrons. The summed E-state index contributed by atoms with van der Waals surface area (Å²) in [4.78, 5) is 14.3. The first-order valence-corrected chi connectivity index (χ1v) is 9.59. The van der Waals surface area contributed by atoms with E-state index in [0.29, 0.717) is 34.4 Å². The van der Waals surface area contributed by atoms with Gasteiger partial charge < -0.3 is 18.8 Å². The molecular formula is C18H23N3O4S. The minimum atomic E-state index is 0.119. The lowest BCUT2D eigenvalue weighted by Crippen LogP contribution is -2.42. The second-order valence-electron chi connectivity index (χ2n) is 6.16. The van der Waals surface area contributed by atoms with Crippen LogP contribution < -0.4 is 9.47 Å². The standard InChI is InChI=1S/C18H23N3O4S/c1-12-6-4-5-9-21(12)16(22)11-26-18-20-19-17(25-18)13-7-8-14(23-2)15(10-13)24-3/h7-8,10,12H,4-6,9,11H2,1-3H3/t12-/m0/s1. The SMILES string of the molecule is COc1ccc(-c2nnc(SCC(=O)N3CCCC[C@@H]3C)o2)cc1OC. The number of rotatable bonds is 6. The zero-order valence-electron chi connectivity index (χ0n) is 15.2. The first-order chi connectivity index (χ1) is 12.6. The fraction of sp³-hybridized carbons (Fsp3) is 0.500. The first-order valence-electron chi connectivity index (χ1n) is 8.60. The lowest BCUT2D eigenvalue weighted by atomic mass is 10.0. The van der Waals surface area contributed by atoms with Crippen molar-refractivity contribution < 1.29 is 18.7 Å². The molecular weight excluding hydrogens is 354 g/mol. The van der Waals surface area contributed by atoms with Crippen LogP contribution in [0.1, 0.15) is 26.2 Å². The molecule has 2 heterocycles. The van der Waals surface area contributed by atoms with Crippen LogP contribution in [-0.2, 0) is 4.79 Å². The molecule has 3 rings (SSSR count). The van der Waals surface area contributed by atoms with Crippen LogP contribution in [0.3, 0.4) is 0 Å². The predicted molar refractivity (Wildman–Crippen MR) is 98.6 cm³/mol. The summed E-state index contributed by atoms with van der Waals surface area (Å²) in [7, 11) is 3.16. The average Bonchev–Trinajstić information content (AvgIpc) is 3.15. The van der Waals surface area contributed by atoms with Gasteiger partial charge in [-0.05, 0) is 44.4 Å². The number of amides is 1. The normalized spacial score (nSPS) is 17.2. The summed E-state index contributed by atoms with van der Waals surface area (Å²) in [6, 6.07) is 5.69. The molecule has 1 aromatic heterocycles. The van der Waals surface area contributed by atoms with E-state index in [1.807, 2.05) is 11.0 Å². The van der Waals surface area contributed by atoms with E-state index in [-0.39, 0.29) is 5.91 Å². The highest BCUT2D eigenvalue weighted by molar-refractivity contribution is 7.99. The van der Waals surface area contributed by atoms with Crippen LogP contribution in [0, 0.1) is 0 Å². The molecule has 0 radical (unpaired) electrons. The summed E-state index contributed by atoms with van der Waals surface area (Å²) in [6.45, 7) is 2.94. The number of methoxy groups -OCH3 is 2. The number of aromatic nitrogens is 2. The maximum atomic E-state index is 12.4. The second kappa shape index (κ2) is 8.44. The van der Waals surface area contributed by atoms with E-state index in [2.05, 4.69) is 17.1 Å². The fourth-order valence-electron chi connectivity index (χ4n) is 3.03. The number of benzene rings is 1. The van der Waals surface area contributed by atoms with Crippen molar-refractivity contribution in [3.63, 3.8) is 0 Å². The van der Waals surface area contributed by atoms with Crippen molar-refractivity contribution in [2.45, 2.75) is 37.5 Å². The maximum Gasteiger partial charge on any atom is 0.277 e. The number of carbonyl (C=O) groups excluding carboxylic acids is 1. The van der Waals surface area contributed by atoms with Gasteiger partial charge in [0.25, 0.3) is 5.22 Å². The largest absolute Gasteiger partial charge is 0.493 e. The van der Waals surface area contributed by atoms with Crippen molar-refractivity contribution in [3.05, 3.63) is 18.2 Å². The van der Waals surface area contributed by atoms with Crippen molar-refractivity contribution in [1.82, 2.24) is 15.1 Å². The number of carbonyl (C=O) groups is 1. The summed E-state index contributed by atoms with van der Waals surface area (Å²) >= 11 is 1.27. The molecule has 0 aliphatic carbocycles. The Morgan fingerprint density at radius 1 is 1.27 bits per heavy atom. The third-order valence-electron chi connectivity index (χ3n) is 4.48. The van der Waals surface area contributed by atoms with Gasteiger partial charge in [0.05, 0.1) is 20.0 Å². The Balaban J connectivity index is 1.64. The number of piperidine rings is 1. The first kappa shape index (κ1) is 18.6. The van der Waals surface area contributed by atoms with Gasteiger partial charge in [0.15, 0.2) is 11.5 Å². The number of nitrogens with zero attached hydrogens (tertiary/aromatic N) is 3.